The van der Waals surface area contributed by atoms with E-state index >= 15 is 0 Å². The standard InChI is InChI=1S/C12H15N3O2S/c1-3-8(4-2)15-11(9-6-5-7-18-9)10(12(16)17)13-14-15/h5-8H,3-4H2,1-2H3,(H,16,17). The van der Waals surface area contributed by atoms with Crippen molar-refractivity contribution >= 4 is 17.3 Å². The Morgan fingerprint density at radius 2 is 2.22 bits per heavy atom. The number of aromatic nitrogens is 3. The lowest BCUT2D eigenvalue weighted by Gasteiger charge is -2.14. The summed E-state index contributed by atoms with van der Waals surface area (Å²) in [6.45, 7) is 4.13. The number of hydrogen-bond acceptors (Lipinski definition) is 4. The summed E-state index contributed by atoms with van der Waals surface area (Å²) >= 11 is 1.50. The van der Waals surface area contributed by atoms with Gasteiger partial charge >= 0.3 is 5.97 Å². The van der Waals surface area contributed by atoms with Crippen LogP contribution in [0.15, 0.2) is 17.5 Å². The smallest absolute Gasteiger partial charge is 0.358 e. The van der Waals surface area contributed by atoms with Crippen molar-refractivity contribution in [3.8, 4) is 10.6 Å². The first-order valence-corrected chi connectivity index (χ1v) is 6.79. The first kappa shape index (κ1) is 12.8. The topological polar surface area (TPSA) is 68.0 Å². The van der Waals surface area contributed by atoms with E-state index in [-0.39, 0.29) is 11.7 Å². The van der Waals surface area contributed by atoms with Gasteiger partial charge in [-0.2, -0.15) is 0 Å². The van der Waals surface area contributed by atoms with E-state index in [0.29, 0.717) is 5.69 Å². The van der Waals surface area contributed by atoms with Crippen molar-refractivity contribution in [3.63, 3.8) is 0 Å². The molecule has 2 aromatic rings. The Morgan fingerprint density at radius 1 is 1.50 bits per heavy atom. The molecule has 2 aromatic heterocycles. The van der Waals surface area contributed by atoms with Crippen molar-refractivity contribution < 1.29 is 9.90 Å². The lowest BCUT2D eigenvalue weighted by Crippen LogP contribution is -2.11. The molecular weight excluding hydrogens is 250 g/mol. The minimum Gasteiger partial charge on any atom is -0.476 e. The number of nitrogens with zero attached hydrogens (tertiary/aromatic N) is 3. The predicted molar refractivity (Wildman–Crippen MR) is 69.9 cm³/mol. The zero-order valence-corrected chi connectivity index (χ0v) is 11.1. The average Bonchev–Trinajstić information content (AvgIpc) is 2.98. The Kier molecular flexibility index (Phi) is 3.76. The normalized spacial score (nSPS) is 11.1. The van der Waals surface area contributed by atoms with Gasteiger partial charge in [0.05, 0.1) is 10.9 Å². The average molecular weight is 265 g/mol. The van der Waals surface area contributed by atoms with Gasteiger partial charge in [-0.1, -0.05) is 25.1 Å². The molecule has 0 aliphatic rings. The van der Waals surface area contributed by atoms with E-state index in [1.54, 1.807) is 4.68 Å². The van der Waals surface area contributed by atoms with Gasteiger partial charge in [-0.3, -0.25) is 0 Å². The third kappa shape index (κ3) is 2.15. The van der Waals surface area contributed by atoms with Crippen LogP contribution in [0.2, 0.25) is 0 Å². The third-order valence-electron chi connectivity index (χ3n) is 2.94. The van der Waals surface area contributed by atoms with Crippen LogP contribution in [0.25, 0.3) is 10.6 Å². The van der Waals surface area contributed by atoms with E-state index in [0.717, 1.165) is 17.7 Å². The van der Waals surface area contributed by atoms with Gasteiger partial charge in [-0.25, -0.2) is 9.48 Å². The molecule has 0 aliphatic heterocycles. The summed E-state index contributed by atoms with van der Waals surface area (Å²) in [5.41, 5.74) is 0.649. The second-order valence-corrected chi connectivity index (χ2v) is 4.93. The summed E-state index contributed by atoms with van der Waals surface area (Å²) in [6.07, 6.45) is 1.80. The van der Waals surface area contributed by atoms with E-state index < -0.39 is 5.97 Å². The van der Waals surface area contributed by atoms with Crippen molar-refractivity contribution in [2.24, 2.45) is 0 Å². The highest BCUT2D eigenvalue weighted by molar-refractivity contribution is 7.13. The summed E-state index contributed by atoms with van der Waals surface area (Å²) in [4.78, 5) is 12.1. The van der Waals surface area contributed by atoms with E-state index in [1.165, 1.54) is 11.3 Å². The van der Waals surface area contributed by atoms with Gasteiger partial charge in [0.15, 0.2) is 5.69 Å². The molecular formula is C12H15N3O2S. The maximum atomic E-state index is 11.2. The molecule has 0 bridgehead atoms. The molecule has 5 nitrogen and oxygen atoms in total. The predicted octanol–water partition coefficient (Wildman–Crippen LogP) is 3.07. The SMILES string of the molecule is CCC(CC)n1nnc(C(=O)O)c1-c1cccs1. The van der Waals surface area contributed by atoms with Crippen LogP contribution in [-0.2, 0) is 0 Å². The van der Waals surface area contributed by atoms with Gasteiger partial charge in [0.1, 0.15) is 5.69 Å². The van der Waals surface area contributed by atoms with Crippen LogP contribution in [0.3, 0.4) is 0 Å². The maximum absolute atomic E-state index is 11.2. The van der Waals surface area contributed by atoms with E-state index in [1.807, 2.05) is 17.5 Å². The molecule has 18 heavy (non-hydrogen) atoms. The van der Waals surface area contributed by atoms with Crippen molar-refractivity contribution in [3.05, 3.63) is 23.2 Å². The van der Waals surface area contributed by atoms with Crippen LogP contribution in [0, 0.1) is 0 Å². The van der Waals surface area contributed by atoms with Crippen LogP contribution < -0.4 is 0 Å². The summed E-state index contributed by atoms with van der Waals surface area (Å²) in [6, 6.07) is 3.98. The number of rotatable bonds is 5. The molecule has 96 valence electrons. The van der Waals surface area contributed by atoms with Crippen LogP contribution in [0.5, 0.6) is 0 Å². The summed E-state index contributed by atoms with van der Waals surface area (Å²) < 4.78 is 1.75. The first-order valence-electron chi connectivity index (χ1n) is 5.91. The summed E-state index contributed by atoms with van der Waals surface area (Å²) in [5, 5.41) is 19.0. The Bertz CT molecular complexity index is 530. The fourth-order valence-corrected chi connectivity index (χ4v) is 2.73. The highest BCUT2D eigenvalue weighted by Crippen LogP contribution is 2.30. The number of carboxylic acid groups (broad SMARTS) is 1. The molecule has 0 saturated carbocycles. The number of carbonyl (C=O) groups is 1. The van der Waals surface area contributed by atoms with Crippen LogP contribution in [-0.4, -0.2) is 26.1 Å². The van der Waals surface area contributed by atoms with Crippen LogP contribution in [0.1, 0.15) is 43.2 Å². The van der Waals surface area contributed by atoms with Crippen molar-refractivity contribution in [1.29, 1.82) is 0 Å². The molecule has 0 spiro atoms. The molecule has 0 aliphatic carbocycles. The number of aromatic carboxylic acids is 1. The van der Waals surface area contributed by atoms with Gasteiger partial charge in [0.2, 0.25) is 0 Å². The maximum Gasteiger partial charge on any atom is 0.358 e. The largest absolute Gasteiger partial charge is 0.476 e. The first-order chi connectivity index (χ1) is 8.69. The number of hydrogen-bond donors (Lipinski definition) is 1. The van der Waals surface area contributed by atoms with Crippen LogP contribution >= 0.6 is 11.3 Å². The van der Waals surface area contributed by atoms with Crippen molar-refractivity contribution in [1.82, 2.24) is 15.0 Å². The molecule has 0 aromatic carbocycles. The van der Waals surface area contributed by atoms with Crippen molar-refractivity contribution in [2.75, 3.05) is 0 Å². The molecule has 0 fully saturated rings. The molecule has 6 heteroatoms. The summed E-state index contributed by atoms with van der Waals surface area (Å²) in [5.74, 6) is -1.03. The quantitative estimate of drug-likeness (QED) is 0.902. The summed E-state index contributed by atoms with van der Waals surface area (Å²) in [7, 11) is 0. The Labute approximate surface area is 109 Å². The van der Waals surface area contributed by atoms with Gasteiger partial charge in [-0.05, 0) is 24.3 Å². The molecule has 0 amide bonds. The minimum atomic E-state index is -1.03. The molecule has 0 atom stereocenters. The minimum absolute atomic E-state index is 0.0318. The van der Waals surface area contributed by atoms with E-state index in [2.05, 4.69) is 24.2 Å². The molecule has 2 rings (SSSR count). The van der Waals surface area contributed by atoms with Gasteiger partial charge < -0.3 is 5.11 Å². The fraction of sp³-hybridized carbons (Fsp3) is 0.417. The molecule has 0 radical (unpaired) electrons. The van der Waals surface area contributed by atoms with E-state index in [4.69, 9.17) is 0 Å². The van der Waals surface area contributed by atoms with Crippen LogP contribution in [0.4, 0.5) is 0 Å². The fourth-order valence-electron chi connectivity index (χ4n) is 1.97. The Hall–Kier alpha value is -1.69. The van der Waals surface area contributed by atoms with Crippen molar-refractivity contribution in [2.45, 2.75) is 32.7 Å². The third-order valence-corrected chi connectivity index (χ3v) is 3.82. The Balaban J connectivity index is 2.58. The van der Waals surface area contributed by atoms with Gasteiger partial charge in [0.25, 0.3) is 0 Å². The molecule has 0 saturated heterocycles. The zero-order valence-electron chi connectivity index (χ0n) is 10.3. The molecule has 1 N–H and O–H groups in total. The highest BCUT2D eigenvalue weighted by Gasteiger charge is 2.24. The lowest BCUT2D eigenvalue weighted by molar-refractivity contribution is 0.0691. The number of thiophene rings is 1. The number of carboxylic acids is 1. The molecule has 0 unspecified atom stereocenters. The second-order valence-electron chi connectivity index (χ2n) is 3.98. The van der Waals surface area contributed by atoms with Gasteiger partial charge in [-0.15, -0.1) is 16.4 Å². The van der Waals surface area contributed by atoms with E-state index in [9.17, 15) is 9.90 Å². The Morgan fingerprint density at radius 3 is 2.72 bits per heavy atom. The second kappa shape index (κ2) is 5.30. The highest BCUT2D eigenvalue weighted by atomic mass is 32.1. The molecule has 2 heterocycles. The monoisotopic (exact) mass is 265 g/mol. The van der Waals surface area contributed by atoms with Gasteiger partial charge in [0, 0.05) is 0 Å². The zero-order chi connectivity index (χ0) is 13.1. The lowest BCUT2D eigenvalue weighted by atomic mass is 10.1.